The lowest BCUT2D eigenvalue weighted by molar-refractivity contribution is -0.137. The number of aryl methyl sites for hydroxylation is 1. The van der Waals surface area contributed by atoms with Crippen LogP contribution in [0.25, 0.3) is 0 Å². The normalized spacial score (nSPS) is 11.4. The second kappa shape index (κ2) is 5.40. The summed E-state index contributed by atoms with van der Waals surface area (Å²) in [6.45, 7) is -0.213. The van der Waals surface area contributed by atoms with Crippen LogP contribution >= 0.6 is 0 Å². The van der Waals surface area contributed by atoms with Crippen molar-refractivity contribution < 1.29 is 22.7 Å². The lowest BCUT2D eigenvalue weighted by Gasteiger charge is -2.08. The van der Waals surface area contributed by atoms with Crippen LogP contribution in [0.3, 0.4) is 0 Å². The minimum atomic E-state index is -4.38. The monoisotopic (exact) mass is 283 g/mol. The molecule has 20 heavy (non-hydrogen) atoms. The maximum absolute atomic E-state index is 12.4. The Kier molecular flexibility index (Phi) is 3.83. The Bertz CT molecular complexity index is 600. The Morgan fingerprint density at radius 3 is 2.35 bits per heavy atom. The van der Waals surface area contributed by atoms with E-state index in [2.05, 4.69) is 0 Å². The van der Waals surface area contributed by atoms with Gasteiger partial charge in [0.2, 0.25) is 5.78 Å². The fraction of sp³-hybridized carbons (Fsp3) is 0.214. The van der Waals surface area contributed by atoms with Gasteiger partial charge in [0.25, 0.3) is 0 Å². The molecule has 0 aliphatic carbocycles. The van der Waals surface area contributed by atoms with E-state index in [4.69, 9.17) is 4.74 Å². The number of ether oxygens (including phenoxy) is 1. The Morgan fingerprint density at radius 1 is 1.20 bits per heavy atom. The average Bonchev–Trinajstić information content (AvgIpc) is 2.82. The molecule has 0 N–H and O–H groups in total. The zero-order chi connectivity index (χ0) is 14.8. The van der Waals surface area contributed by atoms with E-state index in [0.717, 1.165) is 12.1 Å². The molecule has 1 aromatic heterocycles. The molecule has 1 heterocycles. The molecule has 0 amide bonds. The predicted molar refractivity (Wildman–Crippen MR) is 66.7 cm³/mol. The Hall–Kier alpha value is -2.24. The number of hydrogen-bond acceptors (Lipinski definition) is 2. The number of alkyl halides is 3. The first-order chi connectivity index (χ1) is 9.36. The zero-order valence-electron chi connectivity index (χ0n) is 10.6. The number of aromatic nitrogens is 1. The van der Waals surface area contributed by atoms with Gasteiger partial charge in [0.15, 0.2) is 6.61 Å². The maximum atomic E-state index is 12.4. The summed E-state index contributed by atoms with van der Waals surface area (Å²) in [5.74, 6) is -0.00669. The van der Waals surface area contributed by atoms with Crippen molar-refractivity contribution in [2.75, 3.05) is 6.61 Å². The van der Waals surface area contributed by atoms with Gasteiger partial charge in [-0.05, 0) is 30.3 Å². The highest BCUT2D eigenvalue weighted by Crippen LogP contribution is 2.30. The fourth-order valence-electron chi connectivity index (χ4n) is 1.64. The summed E-state index contributed by atoms with van der Waals surface area (Å²) in [6, 6.07) is 5.88. The molecule has 0 fully saturated rings. The van der Waals surface area contributed by atoms with E-state index >= 15 is 0 Å². The molecule has 2 aromatic rings. The van der Waals surface area contributed by atoms with Gasteiger partial charge >= 0.3 is 6.18 Å². The van der Waals surface area contributed by atoms with Gasteiger partial charge in [0.05, 0.1) is 5.56 Å². The van der Waals surface area contributed by atoms with Crippen LogP contribution in [-0.4, -0.2) is 17.0 Å². The number of benzene rings is 1. The van der Waals surface area contributed by atoms with Gasteiger partial charge in [0, 0.05) is 25.0 Å². The summed E-state index contributed by atoms with van der Waals surface area (Å²) < 4.78 is 44.0. The molecule has 0 radical (unpaired) electrons. The van der Waals surface area contributed by atoms with Gasteiger partial charge in [-0.25, -0.2) is 0 Å². The van der Waals surface area contributed by atoms with Crippen LogP contribution in [0.5, 0.6) is 5.75 Å². The smallest absolute Gasteiger partial charge is 0.416 e. The summed E-state index contributed by atoms with van der Waals surface area (Å²) in [7, 11) is 1.79. The Balaban J connectivity index is 1.96. The van der Waals surface area contributed by atoms with Crippen LogP contribution in [0.15, 0.2) is 42.7 Å². The molecule has 3 nitrogen and oxygen atoms in total. The molecule has 0 saturated carbocycles. The molecule has 6 heteroatoms. The molecule has 0 bridgehead atoms. The first-order valence-electron chi connectivity index (χ1n) is 5.81. The summed E-state index contributed by atoms with van der Waals surface area (Å²) in [5, 5.41) is 0. The van der Waals surface area contributed by atoms with E-state index in [1.807, 2.05) is 0 Å². The topological polar surface area (TPSA) is 31.2 Å². The number of carbonyl (C=O) groups is 1. The second-order valence-corrected chi connectivity index (χ2v) is 4.30. The summed E-state index contributed by atoms with van der Waals surface area (Å²) in [5.41, 5.74) is -0.251. The highest BCUT2D eigenvalue weighted by atomic mass is 19.4. The lowest BCUT2D eigenvalue weighted by Crippen LogP contribution is -2.11. The van der Waals surface area contributed by atoms with Gasteiger partial charge in [-0.2, -0.15) is 13.2 Å². The second-order valence-electron chi connectivity index (χ2n) is 4.30. The van der Waals surface area contributed by atoms with Crippen molar-refractivity contribution in [2.24, 2.45) is 7.05 Å². The van der Waals surface area contributed by atoms with Gasteiger partial charge < -0.3 is 9.30 Å². The minimum absolute atomic E-state index is 0.213. The number of ketones is 1. The van der Waals surface area contributed by atoms with Crippen molar-refractivity contribution in [3.8, 4) is 5.75 Å². The minimum Gasteiger partial charge on any atom is -0.485 e. The van der Waals surface area contributed by atoms with Crippen LogP contribution in [0.2, 0.25) is 0 Å². The van der Waals surface area contributed by atoms with E-state index in [-0.39, 0.29) is 18.1 Å². The Morgan fingerprint density at radius 2 is 1.85 bits per heavy atom. The molecule has 2 rings (SSSR count). The first kappa shape index (κ1) is 14.2. The fourth-order valence-corrected chi connectivity index (χ4v) is 1.64. The third-order valence-corrected chi connectivity index (χ3v) is 2.71. The van der Waals surface area contributed by atoms with Crippen LogP contribution in [0.1, 0.15) is 15.9 Å². The number of Topliss-reactive ketones (excluding diaryl/α,β-unsaturated/α-hetero) is 1. The SMILES string of the molecule is Cn1ccc(C(=O)COc2ccc(C(F)(F)F)cc2)c1. The molecule has 1 aromatic carbocycles. The molecule has 106 valence electrons. The van der Waals surface area contributed by atoms with Gasteiger partial charge in [0.1, 0.15) is 5.75 Å². The third-order valence-electron chi connectivity index (χ3n) is 2.71. The molecule has 0 spiro atoms. The highest BCUT2D eigenvalue weighted by Gasteiger charge is 2.30. The number of halogens is 3. The van der Waals surface area contributed by atoms with Crippen molar-refractivity contribution in [1.82, 2.24) is 4.57 Å². The largest absolute Gasteiger partial charge is 0.485 e. The quantitative estimate of drug-likeness (QED) is 0.806. The van der Waals surface area contributed by atoms with Gasteiger partial charge in [-0.15, -0.1) is 0 Å². The number of carbonyl (C=O) groups excluding carboxylic acids is 1. The van der Waals surface area contributed by atoms with Gasteiger partial charge in [-0.3, -0.25) is 4.79 Å². The molecule has 0 saturated heterocycles. The van der Waals surface area contributed by atoms with Crippen molar-refractivity contribution in [3.05, 3.63) is 53.9 Å². The lowest BCUT2D eigenvalue weighted by atomic mass is 10.2. The van der Waals surface area contributed by atoms with E-state index in [0.29, 0.717) is 5.56 Å². The number of rotatable bonds is 4. The van der Waals surface area contributed by atoms with E-state index in [9.17, 15) is 18.0 Å². The summed E-state index contributed by atoms with van der Waals surface area (Å²) >= 11 is 0. The van der Waals surface area contributed by atoms with Crippen LogP contribution < -0.4 is 4.74 Å². The van der Waals surface area contributed by atoms with Crippen molar-refractivity contribution in [1.29, 1.82) is 0 Å². The predicted octanol–water partition coefficient (Wildman–Crippen LogP) is 3.31. The van der Waals surface area contributed by atoms with Crippen molar-refractivity contribution in [3.63, 3.8) is 0 Å². The van der Waals surface area contributed by atoms with Crippen LogP contribution in [0, 0.1) is 0 Å². The summed E-state index contributed by atoms with van der Waals surface area (Å²) in [4.78, 5) is 11.7. The Labute approximate surface area is 113 Å². The maximum Gasteiger partial charge on any atom is 0.416 e. The molecular weight excluding hydrogens is 271 g/mol. The number of nitrogens with zero attached hydrogens (tertiary/aromatic N) is 1. The third kappa shape index (κ3) is 3.40. The van der Waals surface area contributed by atoms with E-state index < -0.39 is 11.7 Å². The first-order valence-corrected chi connectivity index (χ1v) is 5.81. The van der Waals surface area contributed by atoms with E-state index in [1.54, 1.807) is 30.1 Å². The van der Waals surface area contributed by atoms with Crippen molar-refractivity contribution in [2.45, 2.75) is 6.18 Å². The molecule has 0 aliphatic rings. The highest BCUT2D eigenvalue weighted by molar-refractivity contribution is 5.97. The van der Waals surface area contributed by atoms with E-state index in [1.165, 1.54) is 12.1 Å². The van der Waals surface area contributed by atoms with Gasteiger partial charge in [-0.1, -0.05) is 0 Å². The van der Waals surface area contributed by atoms with Crippen LogP contribution in [-0.2, 0) is 13.2 Å². The molecular formula is C14H12F3NO2. The molecule has 0 unspecified atom stereocenters. The van der Waals surface area contributed by atoms with Crippen LogP contribution in [0.4, 0.5) is 13.2 Å². The summed E-state index contributed by atoms with van der Waals surface area (Å²) in [6.07, 6.45) is -0.998. The number of hydrogen-bond donors (Lipinski definition) is 0. The van der Waals surface area contributed by atoms with Crippen molar-refractivity contribution >= 4 is 5.78 Å². The molecule has 0 atom stereocenters. The average molecular weight is 283 g/mol. The molecule has 0 aliphatic heterocycles. The standard InChI is InChI=1S/C14H12F3NO2/c1-18-7-6-10(8-18)13(19)9-20-12-4-2-11(3-5-12)14(15,16)17/h2-8H,9H2,1H3. The zero-order valence-corrected chi connectivity index (χ0v) is 10.6.